The average Bonchev–Trinajstić information content (AvgIpc) is 2.95. The molecular formula is C20H34O2. The third-order valence-electron chi connectivity index (χ3n) is 6.50. The monoisotopic (exact) mass is 306 g/mol. The summed E-state index contributed by atoms with van der Waals surface area (Å²) in [7, 11) is 0. The topological polar surface area (TPSA) is 18.5 Å². The first-order valence-corrected chi connectivity index (χ1v) is 9.71. The molecule has 0 aromatic heterocycles. The van der Waals surface area contributed by atoms with Crippen molar-refractivity contribution in [1.82, 2.24) is 0 Å². The van der Waals surface area contributed by atoms with Crippen molar-refractivity contribution >= 4 is 0 Å². The molecular weight excluding hydrogens is 272 g/mol. The van der Waals surface area contributed by atoms with Crippen LogP contribution in [0.5, 0.6) is 0 Å². The molecule has 4 rings (SSSR count). The fourth-order valence-electron chi connectivity index (χ4n) is 5.50. The Bertz CT molecular complexity index is 416. The predicted molar refractivity (Wildman–Crippen MR) is 90.6 cm³/mol. The van der Waals surface area contributed by atoms with Crippen LogP contribution in [0, 0.1) is 23.7 Å². The molecule has 2 heteroatoms. The van der Waals surface area contributed by atoms with E-state index >= 15 is 0 Å². The number of fused-ring (bicyclic) bond motifs is 3. The summed E-state index contributed by atoms with van der Waals surface area (Å²) in [4.78, 5) is 0. The third-order valence-corrected chi connectivity index (χ3v) is 6.50. The first kappa shape index (κ1) is 16.5. The lowest BCUT2D eigenvalue weighted by molar-refractivity contribution is -0.237. The van der Waals surface area contributed by atoms with E-state index in [4.69, 9.17) is 9.47 Å². The molecule has 0 aromatic rings. The highest BCUT2D eigenvalue weighted by Crippen LogP contribution is 2.55. The number of hydrogen-bond donors (Lipinski definition) is 0. The number of hydrogen-bond acceptors (Lipinski definition) is 2. The molecule has 1 aliphatic heterocycles. The second-order valence-electron chi connectivity index (χ2n) is 7.56. The van der Waals surface area contributed by atoms with E-state index in [1.165, 1.54) is 38.5 Å². The maximum absolute atomic E-state index is 6.25. The van der Waals surface area contributed by atoms with Gasteiger partial charge >= 0.3 is 0 Å². The number of ether oxygens (including phenoxy) is 2. The van der Waals surface area contributed by atoms with E-state index in [2.05, 4.69) is 19.9 Å². The Balaban J connectivity index is 0.000000693. The Labute approximate surface area is 136 Å². The van der Waals surface area contributed by atoms with E-state index in [-0.39, 0.29) is 11.9 Å². The van der Waals surface area contributed by atoms with Gasteiger partial charge in [-0.1, -0.05) is 32.4 Å². The summed E-state index contributed by atoms with van der Waals surface area (Å²) in [5.74, 6) is 2.83. The normalized spacial score (nSPS) is 47.1. The lowest BCUT2D eigenvalue weighted by atomic mass is 9.58. The van der Waals surface area contributed by atoms with Gasteiger partial charge in [0.1, 0.15) is 0 Å². The van der Waals surface area contributed by atoms with Crippen LogP contribution < -0.4 is 0 Å². The largest absolute Gasteiger partial charge is 0.347 e. The van der Waals surface area contributed by atoms with Crippen molar-refractivity contribution in [1.29, 1.82) is 0 Å². The minimum absolute atomic E-state index is 0.247. The molecule has 4 aliphatic rings. The van der Waals surface area contributed by atoms with Gasteiger partial charge in [0.05, 0.1) is 12.7 Å². The van der Waals surface area contributed by atoms with Gasteiger partial charge in [-0.05, 0) is 63.2 Å². The molecule has 2 saturated carbocycles. The summed E-state index contributed by atoms with van der Waals surface area (Å²) in [6, 6.07) is 0. The molecule has 22 heavy (non-hydrogen) atoms. The quantitative estimate of drug-likeness (QED) is 0.563. The minimum Gasteiger partial charge on any atom is -0.347 e. The molecule has 126 valence electrons. The van der Waals surface area contributed by atoms with Gasteiger partial charge in [-0.2, -0.15) is 0 Å². The third kappa shape index (κ3) is 2.67. The van der Waals surface area contributed by atoms with Crippen LogP contribution in [0.3, 0.4) is 0 Å². The minimum atomic E-state index is -0.247. The molecule has 1 heterocycles. The van der Waals surface area contributed by atoms with Crippen molar-refractivity contribution in [2.24, 2.45) is 23.7 Å². The summed E-state index contributed by atoms with van der Waals surface area (Å²) in [6.45, 7) is 9.32. The van der Waals surface area contributed by atoms with Gasteiger partial charge in [-0.25, -0.2) is 0 Å². The van der Waals surface area contributed by atoms with Crippen LogP contribution in [0.1, 0.15) is 72.6 Å². The second-order valence-corrected chi connectivity index (χ2v) is 7.56. The van der Waals surface area contributed by atoms with Crippen molar-refractivity contribution in [2.45, 2.75) is 84.5 Å². The zero-order valence-electron chi connectivity index (χ0n) is 14.9. The maximum atomic E-state index is 6.25. The van der Waals surface area contributed by atoms with Crippen LogP contribution in [0.25, 0.3) is 0 Å². The molecule has 0 amide bonds. The first-order chi connectivity index (χ1) is 10.7. The molecule has 6 unspecified atom stereocenters. The fourth-order valence-corrected chi connectivity index (χ4v) is 5.50. The van der Waals surface area contributed by atoms with Crippen molar-refractivity contribution in [2.75, 3.05) is 6.61 Å². The van der Waals surface area contributed by atoms with Crippen molar-refractivity contribution in [3.8, 4) is 0 Å². The predicted octanol–water partition coefficient (Wildman–Crippen LogP) is 5.33. The van der Waals surface area contributed by atoms with E-state index in [1.807, 2.05) is 19.4 Å². The van der Waals surface area contributed by atoms with Gasteiger partial charge in [0.2, 0.25) is 0 Å². The summed E-state index contributed by atoms with van der Waals surface area (Å²) in [5, 5.41) is 0. The molecule has 3 aliphatic carbocycles. The molecule has 1 saturated heterocycles. The highest BCUT2D eigenvalue weighted by atomic mass is 16.7. The van der Waals surface area contributed by atoms with E-state index in [0.717, 1.165) is 30.8 Å². The number of allylic oxidation sites excluding steroid dienone is 2. The van der Waals surface area contributed by atoms with Gasteiger partial charge in [0.25, 0.3) is 0 Å². The van der Waals surface area contributed by atoms with Crippen LogP contribution in [-0.2, 0) is 9.47 Å². The molecule has 0 N–H and O–H groups in total. The average molecular weight is 306 g/mol. The van der Waals surface area contributed by atoms with Crippen LogP contribution in [0.2, 0.25) is 0 Å². The van der Waals surface area contributed by atoms with Crippen molar-refractivity contribution in [3.63, 3.8) is 0 Å². The highest BCUT2D eigenvalue weighted by molar-refractivity contribution is 5.20. The lowest BCUT2D eigenvalue weighted by Crippen LogP contribution is -2.50. The Morgan fingerprint density at radius 2 is 1.91 bits per heavy atom. The SMILES string of the molecule is CC.CC1COC2(CCC3C4=CCCCC4CCC3C2C)O1. The zero-order chi connectivity index (χ0) is 15.7. The summed E-state index contributed by atoms with van der Waals surface area (Å²) in [5.41, 5.74) is 1.82. The van der Waals surface area contributed by atoms with E-state index in [9.17, 15) is 0 Å². The lowest BCUT2D eigenvalue weighted by Gasteiger charge is -2.51. The highest BCUT2D eigenvalue weighted by Gasteiger charge is 2.54. The molecule has 2 nitrogen and oxygen atoms in total. The number of rotatable bonds is 0. The first-order valence-electron chi connectivity index (χ1n) is 9.71. The molecule has 0 bridgehead atoms. The van der Waals surface area contributed by atoms with Gasteiger partial charge in [-0.3, -0.25) is 0 Å². The summed E-state index contributed by atoms with van der Waals surface area (Å²) < 4.78 is 12.4. The van der Waals surface area contributed by atoms with Gasteiger partial charge < -0.3 is 9.47 Å². The molecule has 3 fully saturated rings. The Kier molecular flexibility index (Phi) is 4.99. The van der Waals surface area contributed by atoms with E-state index < -0.39 is 0 Å². The van der Waals surface area contributed by atoms with Gasteiger partial charge in [0, 0.05) is 12.3 Å². The summed E-state index contributed by atoms with van der Waals surface area (Å²) in [6.07, 6.45) is 12.2. The van der Waals surface area contributed by atoms with E-state index in [0.29, 0.717) is 5.92 Å². The fraction of sp³-hybridized carbons (Fsp3) is 0.900. The van der Waals surface area contributed by atoms with Crippen LogP contribution in [0.4, 0.5) is 0 Å². The van der Waals surface area contributed by atoms with Gasteiger partial charge in [0.15, 0.2) is 5.79 Å². The molecule has 0 radical (unpaired) electrons. The Hall–Kier alpha value is -0.340. The summed E-state index contributed by atoms with van der Waals surface area (Å²) >= 11 is 0. The van der Waals surface area contributed by atoms with Crippen molar-refractivity contribution in [3.05, 3.63) is 11.6 Å². The van der Waals surface area contributed by atoms with Crippen LogP contribution in [0.15, 0.2) is 11.6 Å². The second kappa shape index (κ2) is 6.65. The molecule has 6 atom stereocenters. The van der Waals surface area contributed by atoms with Crippen molar-refractivity contribution < 1.29 is 9.47 Å². The standard InChI is InChI=1S/C18H28O2.C2H6/c1-12-11-19-18(20-12)10-9-17-15(13(18)2)8-7-14-5-3-4-6-16(14)17;1-2/h6,12-15,17H,3-5,7-11H2,1-2H3;1-2H3. The zero-order valence-corrected chi connectivity index (χ0v) is 14.9. The van der Waals surface area contributed by atoms with Crippen LogP contribution in [-0.4, -0.2) is 18.5 Å². The Morgan fingerprint density at radius 3 is 2.64 bits per heavy atom. The van der Waals surface area contributed by atoms with E-state index in [1.54, 1.807) is 0 Å². The maximum Gasteiger partial charge on any atom is 0.171 e. The van der Waals surface area contributed by atoms with Gasteiger partial charge in [-0.15, -0.1) is 0 Å². The molecule has 0 aromatic carbocycles. The van der Waals surface area contributed by atoms with Crippen LogP contribution >= 0.6 is 0 Å². The Morgan fingerprint density at radius 1 is 1.09 bits per heavy atom. The smallest absolute Gasteiger partial charge is 0.171 e. The molecule has 1 spiro atoms.